The zero-order valence-electron chi connectivity index (χ0n) is 17.0. The van der Waals surface area contributed by atoms with Crippen molar-refractivity contribution in [3.05, 3.63) is 87.9 Å². The second-order valence-electron chi connectivity index (χ2n) is 8.00. The van der Waals surface area contributed by atoms with Gasteiger partial charge in [-0.25, -0.2) is 0 Å². The maximum Gasteiger partial charge on any atom is 0.303 e. The third-order valence-corrected chi connectivity index (χ3v) is 6.04. The van der Waals surface area contributed by atoms with Gasteiger partial charge >= 0.3 is 5.97 Å². The fourth-order valence-electron chi connectivity index (χ4n) is 4.35. The first-order chi connectivity index (χ1) is 14.5. The Kier molecular flexibility index (Phi) is 6.10. The minimum atomic E-state index is -0.732. The number of hydrogen-bond acceptors (Lipinski definition) is 2. The van der Waals surface area contributed by atoms with Crippen LogP contribution in [0.2, 0.25) is 5.02 Å². The van der Waals surface area contributed by atoms with Gasteiger partial charge in [-0.15, -0.1) is 0 Å². The maximum absolute atomic E-state index is 11.1. The highest BCUT2D eigenvalue weighted by Crippen LogP contribution is 2.36. The van der Waals surface area contributed by atoms with E-state index in [9.17, 15) is 4.79 Å². The molecule has 1 N–H and O–H groups in total. The molecular formula is C26H25ClO3. The Bertz CT molecular complexity index is 1070. The van der Waals surface area contributed by atoms with E-state index < -0.39 is 5.97 Å². The molecule has 3 aromatic carbocycles. The standard InChI is InChI=1S/C26H25ClO3/c1-17-12-22(27)8-10-24(17)19-5-2-4-18(13-19)16-30-23-9-11-25-20(14-23)6-3-7-21(25)15-26(28)29/h2,4-5,8-14,21H,3,6-7,15-16H2,1H3,(H,28,29)/t21-/m1/s1. The van der Waals surface area contributed by atoms with Gasteiger partial charge in [-0.2, -0.15) is 0 Å². The molecule has 0 saturated heterocycles. The number of halogens is 1. The largest absolute Gasteiger partial charge is 0.489 e. The lowest BCUT2D eigenvalue weighted by atomic mass is 9.81. The molecule has 0 bridgehead atoms. The van der Waals surface area contributed by atoms with Crippen LogP contribution in [-0.4, -0.2) is 11.1 Å². The molecule has 154 valence electrons. The van der Waals surface area contributed by atoms with Crippen molar-refractivity contribution >= 4 is 17.6 Å². The summed E-state index contributed by atoms with van der Waals surface area (Å²) in [5.41, 5.74) is 6.94. The molecule has 4 heteroatoms. The van der Waals surface area contributed by atoms with Gasteiger partial charge in [0.15, 0.2) is 0 Å². The Balaban J connectivity index is 1.48. The number of rotatable bonds is 6. The summed E-state index contributed by atoms with van der Waals surface area (Å²) in [7, 11) is 0. The topological polar surface area (TPSA) is 46.5 Å². The minimum Gasteiger partial charge on any atom is -0.489 e. The first kappa shape index (κ1) is 20.5. The van der Waals surface area contributed by atoms with Gasteiger partial charge in [0.1, 0.15) is 12.4 Å². The van der Waals surface area contributed by atoms with Crippen molar-refractivity contribution in [3.63, 3.8) is 0 Å². The molecule has 1 aliphatic carbocycles. The Morgan fingerprint density at radius 2 is 2.00 bits per heavy atom. The van der Waals surface area contributed by atoms with E-state index in [1.165, 1.54) is 11.1 Å². The van der Waals surface area contributed by atoms with Gasteiger partial charge in [-0.05, 0) is 95.8 Å². The summed E-state index contributed by atoms with van der Waals surface area (Å²) in [6, 6.07) is 20.4. The van der Waals surface area contributed by atoms with Crippen LogP contribution in [0, 0.1) is 6.92 Å². The van der Waals surface area contributed by atoms with Crippen molar-refractivity contribution in [2.75, 3.05) is 0 Å². The SMILES string of the molecule is Cc1cc(Cl)ccc1-c1cccc(COc2ccc3c(c2)CCC[C@@H]3CC(=O)O)c1. The summed E-state index contributed by atoms with van der Waals surface area (Å²) in [5.74, 6) is 0.210. The molecule has 0 heterocycles. The monoisotopic (exact) mass is 420 g/mol. The van der Waals surface area contributed by atoms with Crippen LogP contribution in [0.25, 0.3) is 11.1 Å². The lowest BCUT2D eigenvalue weighted by molar-refractivity contribution is -0.137. The number of benzene rings is 3. The highest BCUT2D eigenvalue weighted by molar-refractivity contribution is 6.30. The molecule has 3 nitrogen and oxygen atoms in total. The number of aliphatic carboxylic acids is 1. The van der Waals surface area contributed by atoms with Crippen molar-refractivity contribution in [2.45, 2.75) is 45.1 Å². The van der Waals surface area contributed by atoms with E-state index >= 15 is 0 Å². The number of carbonyl (C=O) groups is 1. The predicted molar refractivity (Wildman–Crippen MR) is 120 cm³/mol. The van der Waals surface area contributed by atoms with E-state index in [1.54, 1.807) is 0 Å². The number of carboxylic acid groups (broad SMARTS) is 1. The lowest BCUT2D eigenvalue weighted by Gasteiger charge is -2.24. The van der Waals surface area contributed by atoms with Gasteiger partial charge < -0.3 is 9.84 Å². The summed E-state index contributed by atoms with van der Waals surface area (Å²) >= 11 is 6.09. The van der Waals surface area contributed by atoms with Crippen LogP contribution in [0.15, 0.2) is 60.7 Å². The van der Waals surface area contributed by atoms with Crippen molar-refractivity contribution in [1.82, 2.24) is 0 Å². The van der Waals surface area contributed by atoms with Gasteiger partial charge in [0, 0.05) is 5.02 Å². The van der Waals surface area contributed by atoms with E-state index in [2.05, 4.69) is 37.3 Å². The molecule has 1 aliphatic rings. The first-order valence-electron chi connectivity index (χ1n) is 10.3. The fraction of sp³-hybridized carbons (Fsp3) is 0.269. The number of hydrogen-bond donors (Lipinski definition) is 1. The van der Waals surface area contributed by atoms with Gasteiger partial charge in [0.05, 0.1) is 6.42 Å². The molecule has 1 atom stereocenters. The quantitative estimate of drug-likeness (QED) is 0.477. The number of ether oxygens (including phenoxy) is 1. The fourth-order valence-corrected chi connectivity index (χ4v) is 4.58. The van der Waals surface area contributed by atoms with Crippen molar-refractivity contribution in [3.8, 4) is 16.9 Å². The number of aryl methyl sites for hydroxylation is 2. The maximum atomic E-state index is 11.1. The normalized spacial score (nSPS) is 15.5. The molecule has 30 heavy (non-hydrogen) atoms. The van der Waals surface area contributed by atoms with Crippen LogP contribution < -0.4 is 4.74 Å². The smallest absolute Gasteiger partial charge is 0.303 e. The average molecular weight is 421 g/mol. The second-order valence-corrected chi connectivity index (χ2v) is 8.43. The third-order valence-electron chi connectivity index (χ3n) is 5.81. The van der Waals surface area contributed by atoms with E-state index in [1.807, 2.05) is 30.3 Å². The molecule has 3 aromatic rings. The molecule has 0 aromatic heterocycles. The van der Waals surface area contributed by atoms with E-state index in [4.69, 9.17) is 21.4 Å². The Morgan fingerprint density at radius 1 is 1.13 bits per heavy atom. The molecule has 0 amide bonds. The summed E-state index contributed by atoms with van der Waals surface area (Å²) in [6.07, 6.45) is 3.14. The zero-order chi connectivity index (χ0) is 21.1. The van der Waals surface area contributed by atoms with Crippen molar-refractivity contribution in [1.29, 1.82) is 0 Å². The predicted octanol–water partition coefficient (Wildman–Crippen LogP) is 6.79. The van der Waals surface area contributed by atoms with Gasteiger partial charge in [-0.1, -0.05) is 41.9 Å². The zero-order valence-corrected chi connectivity index (χ0v) is 17.8. The van der Waals surface area contributed by atoms with E-state index in [-0.39, 0.29) is 12.3 Å². The lowest BCUT2D eigenvalue weighted by Crippen LogP contribution is -2.13. The summed E-state index contributed by atoms with van der Waals surface area (Å²) in [6.45, 7) is 2.55. The van der Waals surface area contributed by atoms with Crippen LogP contribution in [0.1, 0.15) is 47.4 Å². The van der Waals surface area contributed by atoms with Crippen LogP contribution in [0.3, 0.4) is 0 Å². The van der Waals surface area contributed by atoms with E-state index in [0.29, 0.717) is 6.61 Å². The Labute approximate surface area is 182 Å². The van der Waals surface area contributed by atoms with E-state index in [0.717, 1.165) is 52.3 Å². The molecule has 0 fully saturated rings. The molecule has 0 saturated carbocycles. The van der Waals surface area contributed by atoms with Crippen molar-refractivity contribution < 1.29 is 14.6 Å². The van der Waals surface area contributed by atoms with Gasteiger partial charge in [0.25, 0.3) is 0 Å². The minimum absolute atomic E-state index is 0.111. The van der Waals surface area contributed by atoms with Crippen LogP contribution >= 0.6 is 11.6 Å². The van der Waals surface area contributed by atoms with Crippen LogP contribution in [0.5, 0.6) is 5.75 Å². The second kappa shape index (κ2) is 8.93. The van der Waals surface area contributed by atoms with Crippen molar-refractivity contribution in [2.24, 2.45) is 0 Å². The molecule has 0 spiro atoms. The average Bonchev–Trinajstić information content (AvgIpc) is 2.72. The molecular weight excluding hydrogens is 396 g/mol. The Morgan fingerprint density at radius 3 is 2.80 bits per heavy atom. The van der Waals surface area contributed by atoms with Gasteiger partial charge in [-0.3, -0.25) is 4.79 Å². The summed E-state index contributed by atoms with van der Waals surface area (Å²) in [4.78, 5) is 11.1. The molecule has 4 rings (SSSR count). The molecule has 0 unspecified atom stereocenters. The summed E-state index contributed by atoms with van der Waals surface area (Å²) in [5, 5.41) is 9.90. The number of carboxylic acids is 1. The van der Waals surface area contributed by atoms with Crippen LogP contribution in [0.4, 0.5) is 0 Å². The highest BCUT2D eigenvalue weighted by atomic mass is 35.5. The van der Waals surface area contributed by atoms with Gasteiger partial charge in [0.2, 0.25) is 0 Å². The molecule has 0 radical (unpaired) electrons. The highest BCUT2D eigenvalue weighted by Gasteiger charge is 2.22. The Hall–Kier alpha value is -2.78. The van der Waals surface area contributed by atoms with Crippen LogP contribution in [-0.2, 0) is 17.8 Å². The summed E-state index contributed by atoms with van der Waals surface area (Å²) < 4.78 is 6.08. The molecule has 0 aliphatic heterocycles. The third kappa shape index (κ3) is 4.68. The first-order valence-corrected chi connectivity index (χ1v) is 10.7. The number of fused-ring (bicyclic) bond motifs is 1.